The lowest BCUT2D eigenvalue weighted by atomic mass is 10.1. The van der Waals surface area contributed by atoms with Gasteiger partial charge in [0.05, 0.1) is 0 Å². The van der Waals surface area contributed by atoms with Gasteiger partial charge in [0.2, 0.25) is 5.91 Å². The third kappa shape index (κ3) is 6.39. The number of carbonyl (C=O) groups excluding carboxylic acids is 2. The molecule has 0 bridgehead atoms. The Kier molecular flexibility index (Phi) is 7.16. The van der Waals surface area contributed by atoms with Crippen LogP contribution in [-0.4, -0.2) is 35.5 Å². The van der Waals surface area contributed by atoms with E-state index in [1.807, 2.05) is 35.7 Å². The first-order valence-corrected chi connectivity index (χ1v) is 8.87. The van der Waals surface area contributed by atoms with Crippen molar-refractivity contribution in [1.29, 1.82) is 0 Å². The molecule has 1 atom stereocenters. The van der Waals surface area contributed by atoms with E-state index in [4.69, 9.17) is 0 Å². The Hall–Kier alpha value is -2.67. The summed E-state index contributed by atoms with van der Waals surface area (Å²) in [7, 11) is 0. The van der Waals surface area contributed by atoms with Crippen LogP contribution in [0.5, 0.6) is 0 Å². The highest BCUT2D eigenvalue weighted by atomic mass is 32.1. The SMILES string of the molecule is O=C(CCCNC(=O)c1ccsc1)NC(Cc1ccccc1)C(=O)O. The Morgan fingerprint density at radius 1 is 1.12 bits per heavy atom. The minimum Gasteiger partial charge on any atom is -0.480 e. The molecule has 1 aromatic heterocycles. The third-order valence-corrected chi connectivity index (χ3v) is 4.25. The number of aliphatic carboxylic acids is 1. The standard InChI is InChI=1S/C18H20N2O4S/c21-16(7-4-9-19-17(22)14-8-10-25-12-14)20-15(18(23)24)11-13-5-2-1-3-6-13/h1-3,5-6,8,10,12,15H,4,7,9,11H2,(H,19,22)(H,20,21)(H,23,24). The lowest BCUT2D eigenvalue weighted by molar-refractivity contribution is -0.141. The largest absolute Gasteiger partial charge is 0.480 e. The van der Waals surface area contributed by atoms with E-state index in [2.05, 4.69) is 10.6 Å². The van der Waals surface area contributed by atoms with Crippen molar-refractivity contribution in [2.45, 2.75) is 25.3 Å². The molecular weight excluding hydrogens is 340 g/mol. The Morgan fingerprint density at radius 2 is 1.88 bits per heavy atom. The minimum atomic E-state index is -1.07. The molecule has 0 aliphatic rings. The Morgan fingerprint density at radius 3 is 2.52 bits per heavy atom. The lowest BCUT2D eigenvalue weighted by Crippen LogP contribution is -2.42. The molecule has 7 heteroatoms. The molecule has 0 saturated carbocycles. The fourth-order valence-corrected chi connectivity index (χ4v) is 2.90. The fourth-order valence-electron chi connectivity index (χ4n) is 2.26. The van der Waals surface area contributed by atoms with Gasteiger partial charge in [-0.05, 0) is 23.4 Å². The average molecular weight is 360 g/mol. The molecular formula is C18H20N2O4S. The van der Waals surface area contributed by atoms with Gasteiger partial charge in [-0.2, -0.15) is 11.3 Å². The zero-order valence-electron chi connectivity index (χ0n) is 13.6. The van der Waals surface area contributed by atoms with Crippen molar-refractivity contribution < 1.29 is 19.5 Å². The minimum absolute atomic E-state index is 0.155. The second kappa shape index (κ2) is 9.58. The van der Waals surface area contributed by atoms with Crippen molar-refractivity contribution in [3.05, 3.63) is 58.3 Å². The lowest BCUT2D eigenvalue weighted by Gasteiger charge is -2.14. The summed E-state index contributed by atoms with van der Waals surface area (Å²) in [6, 6.07) is 9.91. The number of rotatable bonds is 9. The van der Waals surface area contributed by atoms with Crippen LogP contribution in [0, 0.1) is 0 Å². The summed E-state index contributed by atoms with van der Waals surface area (Å²) in [5.74, 6) is -1.58. The molecule has 132 valence electrons. The van der Waals surface area contributed by atoms with Gasteiger partial charge in [0.25, 0.3) is 5.91 Å². The molecule has 25 heavy (non-hydrogen) atoms. The van der Waals surface area contributed by atoms with Crippen LogP contribution < -0.4 is 10.6 Å². The van der Waals surface area contributed by atoms with Crippen molar-refractivity contribution in [2.24, 2.45) is 0 Å². The molecule has 0 aliphatic heterocycles. The van der Waals surface area contributed by atoms with E-state index in [1.54, 1.807) is 11.4 Å². The quantitative estimate of drug-likeness (QED) is 0.597. The van der Waals surface area contributed by atoms with Crippen molar-refractivity contribution in [1.82, 2.24) is 10.6 Å². The molecule has 3 N–H and O–H groups in total. The second-order valence-corrected chi connectivity index (χ2v) is 6.30. The Bertz CT molecular complexity index is 701. The average Bonchev–Trinajstić information content (AvgIpc) is 3.13. The predicted octanol–water partition coefficient (Wildman–Crippen LogP) is 2.07. The first kappa shape index (κ1) is 18.7. The number of hydrogen-bond donors (Lipinski definition) is 3. The number of thiophene rings is 1. The van der Waals surface area contributed by atoms with Gasteiger partial charge in [-0.15, -0.1) is 0 Å². The van der Waals surface area contributed by atoms with Gasteiger partial charge in [0.1, 0.15) is 6.04 Å². The number of hydrogen-bond acceptors (Lipinski definition) is 4. The first-order valence-electron chi connectivity index (χ1n) is 7.93. The maximum atomic E-state index is 11.9. The second-order valence-electron chi connectivity index (χ2n) is 5.52. The van der Waals surface area contributed by atoms with E-state index in [0.717, 1.165) is 5.56 Å². The van der Waals surface area contributed by atoms with Crippen LogP contribution in [0.25, 0.3) is 0 Å². The third-order valence-electron chi connectivity index (χ3n) is 3.57. The maximum Gasteiger partial charge on any atom is 0.326 e. The summed E-state index contributed by atoms with van der Waals surface area (Å²) in [6.07, 6.45) is 0.832. The van der Waals surface area contributed by atoms with Crippen LogP contribution in [0.3, 0.4) is 0 Å². The normalized spacial score (nSPS) is 11.5. The fraction of sp³-hybridized carbons (Fsp3) is 0.278. The number of nitrogens with one attached hydrogen (secondary N) is 2. The highest BCUT2D eigenvalue weighted by Gasteiger charge is 2.20. The summed E-state index contributed by atoms with van der Waals surface area (Å²) in [5.41, 5.74) is 1.45. The van der Waals surface area contributed by atoms with Crippen LogP contribution in [0.4, 0.5) is 0 Å². The summed E-state index contributed by atoms with van der Waals surface area (Å²) in [6.45, 7) is 0.360. The molecule has 0 fully saturated rings. The molecule has 2 amide bonds. The Labute approximate surface area is 149 Å². The number of carboxylic acid groups (broad SMARTS) is 1. The zero-order valence-corrected chi connectivity index (χ0v) is 14.4. The number of carbonyl (C=O) groups is 3. The van der Waals surface area contributed by atoms with E-state index >= 15 is 0 Å². The van der Waals surface area contributed by atoms with Gasteiger partial charge in [-0.3, -0.25) is 9.59 Å². The molecule has 0 saturated heterocycles. The molecule has 2 aromatic rings. The molecule has 2 rings (SSSR count). The van der Waals surface area contributed by atoms with Crippen molar-refractivity contribution in [3.63, 3.8) is 0 Å². The van der Waals surface area contributed by atoms with Gasteiger partial charge in [-0.1, -0.05) is 30.3 Å². The molecule has 1 aromatic carbocycles. The van der Waals surface area contributed by atoms with Crippen LogP contribution in [0.2, 0.25) is 0 Å². The van der Waals surface area contributed by atoms with Crippen LogP contribution in [-0.2, 0) is 16.0 Å². The first-order chi connectivity index (χ1) is 12.1. The Balaban J connectivity index is 1.72. The van der Waals surface area contributed by atoms with Crippen molar-refractivity contribution >= 4 is 29.1 Å². The summed E-state index contributed by atoms with van der Waals surface area (Å²) in [5, 5.41) is 18.1. The number of amides is 2. The predicted molar refractivity (Wildman–Crippen MR) is 95.6 cm³/mol. The number of benzene rings is 1. The van der Waals surface area contributed by atoms with E-state index in [9.17, 15) is 19.5 Å². The molecule has 0 aliphatic carbocycles. The van der Waals surface area contributed by atoms with E-state index < -0.39 is 12.0 Å². The number of carboxylic acids is 1. The molecule has 1 heterocycles. The zero-order chi connectivity index (χ0) is 18.1. The van der Waals surface area contributed by atoms with Crippen LogP contribution >= 0.6 is 11.3 Å². The molecule has 0 radical (unpaired) electrons. The van der Waals surface area contributed by atoms with E-state index in [1.165, 1.54) is 11.3 Å². The van der Waals surface area contributed by atoms with Gasteiger partial charge in [0.15, 0.2) is 0 Å². The maximum absolute atomic E-state index is 11.9. The summed E-state index contributed by atoms with van der Waals surface area (Å²) < 4.78 is 0. The highest BCUT2D eigenvalue weighted by Crippen LogP contribution is 2.06. The molecule has 0 spiro atoms. The van der Waals surface area contributed by atoms with E-state index in [-0.39, 0.29) is 24.7 Å². The van der Waals surface area contributed by atoms with Gasteiger partial charge >= 0.3 is 5.97 Å². The summed E-state index contributed by atoms with van der Waals surface area (Å²) in [4.78, 5) is 35.0. The van der Waals surface area contributed by atoms with Crippen LogP contribution in [0.15, 0.2) is 47.2 Å². The van der Waals surface area contributed by atoms with Crippen molar-refractivity contribution in [2.75, 3.05) is 6.54 Å². The smallest absolute Gasteiger partial charge is 0.326 e. The van der Waals surface area contributed by atoms with Gasteiger partial charge in [0, 0.05) is 30.3 Å². The van der Waals surface area contributed by atoms with Gasteiger partial charge in [-0.25, -0.2) is 4.79 Å². The van der Waals surface area contributed by atoms with Crippen LogP contribution in [0.1, 0.15) is 28.8 Å². The summed E-state index contributed by atoms with van der Waals surface area (Å²) >= 11 is 1.44. The molecule has 6 nitrogen and oxygen atoms in total. The topological polar surface area (TPSA) is 95.5 Å². The molecule has 1 unspecified atom stereocenters. The van der Waals surface area contributed by atoms with E-state index in [0.29, 0.717) is 18.5 Å². The monoisotopic (exact) mass is 360 g/mol. The van der Waals surface area contributed by atoms with Crippen molar-refractivity contribution in [3.8, 4) is 0 Å². The van der Waals surface area contributed by atoms with Gasteiger partial charge < -0.3 is 15.7 Å². The highest BCUT2D eigenvalue weighted by molar-refractivity contribution is 7.08.